The maximum Gasteiger partial charge on any atom is 0.418 e. The number of carbonyl (C=O) groups is 1. The van der Waals surface area contributed by atoms with E-state index in [0.717, 1.165) is 16.8 Å². The Morgan fingerprint density at radius 3 is 2.45 bits per heavy atom. The van der Waals surface area contributed by atoms with E-state index in [4.69, 9.17) is 0 Å². The number of rotatable bonds is 4. The zero-order valence-corrected chi connectivity index (χ0v) is 15.2. The molecule has 0 spiro atoms. The number of aromatic nitrogens is 2. The lowest BCUT2D eigenvalue weighted by molar-refractivity contribution is -0.136. The van der Waals surface area contributed by atoms with Crippen LogP contribution in [0.1, 0.15) is 23.9 Å². The van der Waals surface area contributed by atoms with Crippen molar-refractivity contribution in [3.05, 3.63) is 75.6 Å². The second-order valence-corrected chi connectivity index (χ2v) is 6.14. The molecule has 0 aliphatic rings. The van der Waals surface area contributed by atoms with Gasteiger partial charge in [0.2, 0.25) is 0 Å². The van der Waals surface area contributed by atoms with Crippen molar-refractivity contribution in [2.24, 2.45) is 0 Å². The highest BCUT2D eigenvalue weighted by atomic mass is 19.4. The predicted molar refractivity (Wildman–Crippen MR) is 98.4 cm³/mol. The number of urea groups is 1. The Labute approximate surface area is 162 Å². The Bertz CT molecular complexity index is 1110. The van der Waals surface area contributed by atoms with Crippen molar-refractivity contribution >= 4 is 16.9 Å². The molecule has 2 aromatic carbocycles. The van der Waals surface area contributed by atoms with E-state index in [2.05, 4.69) is 15.7 Å². The van der Waals surface area contributed by atoms with Crippen molar-refractivity contribution in [3.63, 3.8) is 0 Å². The maximum absolute atomic E-state index is 13.2. The first-order valence-electron chi connectivity index (χ1n) is 8.62. The van der Waals surface area contributed by atoms with Crippen LogP contribution in [0, 0.1) is 5.82 Å². The molecular weight excluding hydrogens is 392 g/mol. The Kier molecular flexibility index (Phi) is 5.53. The van der Waals surface area contributed by atoms with Gasteiger partial charge in [-0.15, -0.1) is 0 Å². The summed E-state index contributed by atoms with van der Waals surface area (Å²) in [5.41, 5.74) is 0.610. The molecule has 6 nitrogen and oxygen atoms in total. The van der Waals surface area contributed by atoms with Gasteiger partial charge in [0.15, 0.2) is 0 Å². The summed E-state index contributed by atoms with van der Waals surface area (Å²) in [4.78, 5) is 28.8. The van der Waals surface area contributed by atoms with Crippen molar-refractivity contribution < 1.29 is 22.4 Å². The van der Waals surface area contributed by atoms with Crippen molar-refractivity contribution in [1.82, 2.24) is 15.0 Å². The lowest BCUT2D eigenvalue weighted by atomic mass is 10.1. The summed E-state index contributed by atoms with van der Waals surface area (Å²) >= 11 is 0. The number of para-hydroxylation sites is 1. The summed E-state index contributed by atoms with van der Waals surface area (Å²) in [7, 11) is 0. The van der Waals surface area contributed by atoms with Gasteiger partial charge in [0.25, 0.3) is 5.56 Å². The van der Waals surface area contributed by atoms with Crippen LogP contribution < -0.4 is 16.3 Å². The van der Waals surface area contributed by atoms with Crippen LogP contribution in [-0.2, 0) is 19.1 Å². The fourth-order valence-electron chi connectivity index (χ4n) is 2.76. The monoisotopic (exact) mass is 408 g/mol. The van der Waals surface area contributed by atoms with Crippen LogP contribution in [0.3, 0.4) is 0 Å². The van der Waals surface area contributed by atoms with Crippen LogP contribution in [0.2, 0.25) is 0 Å². The summed E-state index contributed by atoms with van der Waals surface area (Å²) in [6, 6.07) is 7.85. The molecule has 0 saturated carbocycles. The van der Waals surface area contributed by atoms with Gasteiger partial charge in [-0.05, 0) is 29.8 Å². The predicted octanol–water partition coefficient (Wildman–Crippen LogP) is 3.57. The highest BCUT2D eigenvalue weighted by molar-refractivity contribution is 5.84. The van der Waals surface area contributed by atoms with Gasteiger partial charge in [0.1, 0.15) is 11.6 Å². The molecule has 10 heteroatoms. The van der Waals surface area contributed by atoms with E-state index >= 15 is 0 Å². The van der Waals surface area contributed by atoms with Gasteiger partial charge in [-0.3, -0.25) is 4.79 Å². The third-order valence-electron chi connectivity index (χ3n) is 4.17. The van der Waals surface area contributed by atoms with E-state index < -0.39 is 34.7 Å². The molecule has 3 aromatic rings. The van der Waals surface area contributed by atoms with Crippen LogP contribution in [0.4, 0.5) is 22.4 Å². The number of alkyl halides is 3. The summed E-state index contributed by atoms with van der Waals surface area (Å²) in [6.07, 6.45) is -4.56. The molecule has 0 bridgehead atoms. The van der Waals surface area contributed by atoms with E-state index in [1.807, 2.05) is 0 Å². The largest absolute Gasteiger partial charge is 0.418 e. The minimum Gasteiger partial charge on any atom is -0.333 e. The molecule has 0 aliphatic carbocycles. The van der Waals surface area contributed by atoms with Crippen LogP contribution >= 0.6 is 0 Å². The van der Waals surface area contributed by atoms with Gasteiger partial charge in [-0.25, -0.2) is 24.3 Å². The highest BCUT2D eigenvalue weighted by Crippen LogP contribution is 2.33. The first-order valence-corrected chi connectivity index (χ1v) is 8.62. The minimum absolute atomic E-state index is 0.0314. The van der Waals surface area contributed by atoms with Gasteiger partial charge in [-0.2, -0.15) is 13.2 Å². The first kappa shape index (κ1) is 20.3. The number of hydrogen-bond donors (Lipinski definition) is 2. The normalized spacial score (nSPS) is 11.5. The number of nitrogens with one attached hydrogen (secondary N) is 2. The van der Waals surface area contributed by atoms with Crippen LogP contribution in [0.15, 0.2) is 47.3 Å². The van der Waals surface area contributed by atoms with Gasteiger partial charge in [0.05, 0.1) is 16.5 Å². The molecular formula is C19H16F4N4O2. The van der Waals surface area contributed by atoms with E-state index in [-0.39, 0.29) is 24.2 Å². The molecule has 3 rings (SSSR count). The van der Waals surface area contributed by atoms with Crippen LogP contribution in [0.25, 0.3) is 10.9 Å². The molecule has 2 amide bonds. The molecule has 0 atom stereocenters. The van der Waals surface area contributed by atoms with Gasteiger partial charge < -0.3 is 5.32 Å². The van der Waals surface area contributed by atoms with E-state index in [9.17, 15) is 27.2 Å². The summed E-state index contributed by atoms with van der Waals surface area (Å²) in [6.45, 7) is 1.65. The number of hydrogen-bond acceptors (Lipinski definition) is 3. The number of fused-ring (bicyclic) bond motifs is 1. The van der Waals surface area contributed by atoms with Gasteiger partial charge >= 0.3 is 12.2 Å². The SMILES string of the molecule is CCc1nc2c(C(F)(F)F)cccc2c(=O)n1NC(=O)NCc1ccc(F)cc1. The molecule has 152 valence electrons. The van der Waals surface area contributed by atoms with E-state index in [1.165, 1.54) is 30.3 Å². The number of halogens is 4. The molecule has 29 heavy (non-hydrogen) atoms. The molecule has 0 saturated heterocycles. The minimum atomic E-state index is -4.67. The number of nitrogens with zero attached hydrogens (tertiary/aromatic N) is 2. The molecule has 2 N–H and O–H groups in total. The molecule has 1 heterocycles. The Balaban J connectivity index is 1.90. The van der Waals surface area contributed by atoms with E-state index in [0.29, 0.717) is 5.56 Å². The second kappa shape index (κ2) is 7.90. The van der Waals surface area contributed by atoms with Crippen molar-refractivity contribution in [2.75, 3.05) is 5.43 Å². The second-order valence-electron chi connectivity index (χ2n) is 6.14. The van der Waals surface area contributed by atoms with Crippen LogP contribution in [0.5, 0.6) is 0 Å². The molecule has 0 radical (unpaired) electrons. The smallest absolute Gasteiger partial charge is 0.333 e. The first-order chi connectivity index (χ1) is 13.7. The number of amides is 2. The Hall–Kier alpha value is -3.43. The highest BCUT2D eigenvalue weighted by Gasteiger charge is 2.34. The summed E-state index contributed by atoms with van der Waals surface area (Å²) < 4.78 is 53.4. The van der Waals surface area contributed by atoms with Crippen molar-refractivity contribution in [1.29, 1.82) is 0 Å². The summed E-state index contributed by atoms with van der Waals surface area (Å²) in [5, 5.41) is 2.22. The lowest BCUT2D eigenvalue weighted by Crippen LogP contribution is -2.41. The molecule has 0 aliphatic heterocycles. The lowest BCUT2D eigenvalue weighted by Gasteiger charge is -2.16. The fraction of sp³-hybridized carbons (Fsp3) is 0.211. The number of benzene rings is 2. The van der Waals surface area contributed by atoms with Gasteiger partial charge in [0, 0.05) is 13.0 Å². The van der Waals surface area contributed by atoms with Crippen molar-refractivity contribution in [2.45, 2.75) is 26.1 Å². The standard InChI is InChI=1S/C19H16F4N4O2/c1-2-15-25-16-13(4-3-5-14(16)19(21,22)23)17(28)27(15)26-18(29)24-10-11-6-8-12(20)9-7-11/h3-9H,2,10H2,1H3,(H2,24,26,29). The molecule has 0 fully saturated rings. The summed E-state index contributed by atoms with van der Waals surface area (Å²) in [5.74, 6) is -0.450. The van der Waals surface area contributed by atoms with E-state index in [1.54, 1.807) is 6.92 Å². The zero-order chi connectivity index (χ0) is 21.2. The number of carbonyl (C=O) groups excluding carboxylic acids is 1. The topological polar surface area (TPSA) is 76.0 Å². The zero-order valence-electron chi connectivity index (χ0n) is 15.2. The third kappa shape index (κ3) is 4.36. The van der Waals surface area contributed by atoms with Crippen LogP contribution in [-0.4, -0.2) is 15.7 Å². The van der Waals surface area contributed by atoms with Gasteiger partial charge in [-0.1, -0.05) is 25.1 Å². The number of aryl methyl sites for hydroxylation is 1. The average Bonchev–Trinajstić information content (AvgIpc) is 2.68. The Morgan fingerprint density at radius 2 is 1.83 bits per heavy atom. The average molecular weight is 408 g/mol. The third-order valence-corrected chi connectivity index (χ3v) is 4.17. The maximum atomic E-state index is 13.2. The molecule has 1 aromatic heterocycles. The van der Waals surface area contributed by atoms with Crippen molar-refractivity contribution in [3.8, 4) is 0 Å². The quantitative estimate of drug-likeness (QED) is 0.648. The fourth-order valence-corrected chi connectivity index (χ4v) is 2.76. The molecule has 0 unspecified atom stereocenters. The Morgan fingerprint density at radius 1 is 1.14 bits per heavy atom.